The predicted octanol–water partition coefficient (Wildman–Crippen LogP) is 5.40. The zero-order chi connectivity index (χ0) is 22.5. The van der Waals surface area contributed by atoms with E-state index in [1.165, 1.54) is 17.0 Å². The van der Waals surface area contributed by atoms with Gasteiger partial charge in [-0.2, -0.15) is 0 Å². The Balaban J connectivity index is 2.32. The van der Waals surface area contributed by atoms with Crippen LogP contribution in [-0.2, 0) is 22.6 Å². The summed E-state index contributed by atoms with van der Waals surface area (Å²) in [5.41, 5.74) is 1.00. The smallest absolute Gasteiger partial charge is 0.243 e. The van der Waals surface area contributed by atoms with Gasteiger partial charge in [0.25, 0.3) is 0 Å². The third-order valence-electron chi connectivity index (χ3n) is 4.49. The van der Waals surface area contributed by atoms with E-state index < -0.39 is 11.6 Å². The number of hydrogen-bond acceptors (Lipinski definition) is 2. The van der Waals surface area contributed by atoms with E-state index in [0.717, 1.165) is 5.56 Å². The van der Waals surface area contributed by atoms with E-state index >= 15 is 0 Å². The van der Waals surface area contributed by atoms with Crippen LogP contribution in [0, 0.1) is 5.82 Å². The summed E-state index contributed by atoms with van der Waals surface area (Å²) in [6, 6.07) is 10.3. The van der Waals surface area contributed by atoms with Gasteiger partial charge in [-0.25, -0.2) is 4.39 Å². The second kappa shape index (κ2) is 10.3. The molecule has 0 aromatic heterocycles. The second-order valence-electron chi connectivity index (χ2n) is 8.24. The highest BCUT2D eigenvalue weighted by molar-refractivity contribution is 6.42. The first kappa shape index (κ1) is 24.2. The number of hydrogen-bond donors (Lipinski definition) is 1. The summed E-state index contributed by atoms with van der Waals surface area (Å²) in [5.74, 6) is -0.812. The van der Waals surface area contributed by atoms with Gasteiger partial charge in [0.1, 0.15) is 11.9 Å². The van der Waals surface area contributed by atoms with Crippen molar-refractivity contribution in [1.29, 1.82) is 0 Å². The van der Waals surface area contributed by atoms with E-state index in [4.69, 9.17) is 23.2 Å². The molecular formula is C23H27Cl2FN2O2. The molecule has 1 atom stereocenters. The summed E-state index contributed by atoms with van der Waals surface area (Å²) in [6.45, 7) is 7.71. The quantitative estimate of drug-likeness (QED) is 0.611. The molecule has 0 saturated heterocycles. The molecule has 30 heavy (non-hydrogen) atoms. The van der Waals surface area contributed by atoms with Gasteiger partial charge in [-0.15, -0.1) is 0 Å². The molecule has 0 bridgehead atoms. The zero-order valence-corrected chi connectivity index (χ0v) is 19.1. The van der Waals surface area contributed by atoms with Crippen molar-refractivity contribution < 1.29 is 14.0 Å². The maximum atomic E-state index is 13.3. The summed E-state index contributed by atoms with van der Waals surface area (Å²) < 4.78 is 13.3. The average Bonchev–Trinajstić information content (AvgIpc) is 2.64. The molecule has 0 radical (unpaired) electrons. The van der Waals surface area contributed by atoms with Crippen molar-refractivity contribution in [1.82, 2.24) is 10.2 Å². The molecule has 7 heteroatoms. The first-order valence-electron chi connectivity index (χ1n) is 9.80. The molecule has 0 aliphatic heterocycles. The van der Waals surface area contributed by atoms with Crippen LogP contribution in [0.5, 0.6) is 0 Å². The van der Waals surface area contributed by atoms with Crippen LogP contribution in [0.15, 0.2) is 42.5 Å². The Bertz CT molecular complexity index is 895. The normalized spacial score (nSPS) is 12.4. The van der Waals surface area contributed by atoms with E-state index in [9.17, 15) is 14.0 Å². The summed E-state index contributed by atoms with van der Waals surface area (Å²) in [6.07, 6.45) is 0.508. The molecule has 0 heterocycles. The molecule has 0 aliphatic rings. The third kappa shape index (κ3) is 6.99. The monoisotopic (exact) mass is 452 g/mol. The van der Waals surface area contributed by atoms with Gasteiger partial charge in [0.15, 0.2) is 0 Å². The van der Waals surface area contributed by atoms with Crippen LogP contribution in [0.25, 0.3) is 0 Å². The van der Waals surface area contributed by atoms with Crippen molar-refractivity contribution in [2.45, 2.75) is 58.7 Å². The van der Waals surface area contributed by atoms with E-state index in [1.54, 1.807) is 30.3 Å². The first-order valence-corrected chi connectivity index (χ1v) is 10.6. The maximum Gasteiger partial charge on any atom is 0.243 e. The lowest BCUT2D eigenvalue weighted by Crippen LogP contribution is -2.53. The van der Waals surface area contributed by atoms with Gasteiger partial charge in [0.2, 0.25) is 11.8 Å². The molecule has 0 saturated carbocycles. The Morgan fingerprint density at radius 1 is 1.03 bits per heavy atom. The van der Waals surface area contributed by atoms with Gasteiger partial charge in [-0.3, -0.25) is 9.59 Å². The molecule has 2 aromatic rings. The van der Waals surface area contributed by atoms with Gasteiger partial charge in [-0.1, -0.05) is 48.3 Å². The highest BCUT2D eigenvalue weighted by atomic mass is 35.5. The fraction of sp³-hybridized carbons (Fsp3) is 0.391. The molecule has 0 spiro atoms. The minimum absolute atomic E-state index is 0.0668. The molecule has 2 amide bonds. The van der Waals surface area contributed by atoms with Crippen LogP contribution in [-0.4, -0.2) is 28.3 Å². The Hall–Kier alpha value is -2.11. The SMILES string of the molecule is CCC(C(=O)NC(C)(C)C)N(Cc1ccc(F)cc1)C(=O)Cc1ccc(Cl)c(Cl)c1. The summed E-state index contributed by atoms with van der Waals surface area (Å²) in [7, 11) is 0. The molecule has 2 aromatic carbocycles. The first-order chi connectivity index (χ1) is 14.0. The van der Waals surface area contributed by atoms with Gasteiger partial charge in [0.05, 0.1) is 16.5 Å². The number of nitrogens with one attached hydrogen (secondary N) is 1. The highest BCUT2D eigenvalue weighted by Gasteiger charge is 2.30. The molecule has 1 N–H and O–H groups in total. The zero-order valence-electron chi connectivity index (χ0n) is 17.6. The van der Waals surface area contributed by atoms with Crippen LogP contribution in [0.4, 0.5) is 4.39 Å². The largest absolute Gasteiger partial charge is 0.350 e. The Morgan fingerprint density at radius 2 is 1.63 bits per heavy atom. The standard InChI is InChI=1S/C23H27Cl2FN2O2/c1-5-20(22(30)27-23(2,3)4)28(14-15-6-9-17(26)10-7-15)21(29)13-16-8-11-18(24)19(25)12-16/h6-12,20H,5,13-14H2,1-4H3,(H,27,30). The molecule has 2 rings (SSSR count). The van der Waals surface area contributed by atoms with Gasteiger partial charge >= 0.3 is 0 Å². The van der Waals surface area contributed by atoms with Crippen molar-refractivity contribution in [3.63, 3.8) is 0 Å². The highest BCUT2D eigenvalue weighted by Crippen LogP contribution is 2.24. The van der Waals surface area contributed by atoms with Crippen LogP contribution in [0.1, 0.15) is 45.2 Å². The lowest BCUT2D eigenvalue weighted by atomic mass is 10.0. The van der Waals surface area contributed by atoms with Gasteiger partial charge in [-0.05, 0) is 62.6 Å². The number of rotatable bonds is 7. The van der Waals surface area contributed by atoms with Crippen LogP contribution in [0.3, 0.4) is 0 Å². The van der Waals surface area contributed by atoms with Crippen molar-refractivity contribution in [3.05, 3.63) is 69.5 Å². The Kier molecular flexibility index (Phi) is 8.27. The second-order valence-corrected chi connectivity index (χ2v) is 9.05. The van der Waals surface area contributed by atoms with Gasteiger partial charge in [0, 0.05) is 12.1 Å². The predicted molar refractivity (Wildman–Crippen MR) is 119 cm³/mol. The number of benzene rings is 2. The fourth-order valence-electron chi connectivity index (χ4n) is 3.08. The molecule has 0 fully saturated rings. The molecule has 162 valence electrons. The van der Waals surface area contributed by atoms with Crippen LogP contribution in [0.2, 0.25) is 10.0 Å². The molecular weight excluding hydrogens is 426 g/mol. The molecule has 0 aliphatic carbocycles. The summed E-state index contributed by atoms with van der Waals surface area (Å²) in [4.78, 5) is 27.7. The molecule has 1 unspecified atom stereocenters. The minimum atomic E-state index is -0.662. The van der Waals surface area contributed by atoms with E-state index in [-0.39, 0.29) is 30.6 Å². The summed E-state index contributed by atoms with van der Waals surface area (Å²) >= 11 is 12.0. The third-order valence-corrected chi connectivity index (χ3v) is 5.23. The van der Waals surface area contributed by atoms with Crippen molar-refractivity contribution in [2.24, 2.45) is 0 Å². The summed E-state index contributed by atoms with van der Waals surface area (Å²) in [5, 5.41) is 3.72. The van der Waals surface area contributed by atoms with Crippen molar-refractivity contribution in [2.75, 3.05) is 0 Å². The number of carbonyl (C=O) groups excluding carboxylic acids is 2. The lowest BCUT2D eigenvalue weighted by molar-refractivity contribution is -0.141. The fourth-order valence-corrected chi connectivity index (χ4v) is 3.41. The average molecular weight is 453 g/mol. The van der Waals surface area contributed by atoms with Crippen molar-refractivity contribution in [3.8, 4) is 0 Å². The Labute approximate surface area is 187 Å². The van der Waals surface area contributed by atoms with E-state index in [2.05, 4.69) is 5.32 Å². The minimum Gasteiger partial charge on any atom is -0.350 e. The topological polar surface area (TPSA) is 49.4 Å². The van der Waals surface area contributed by atoms with Crippen molar-refractivity contribution >= 4 is 35.0 Å². The number of amides is 2. The maximum absolute atomic E-state index is 13.3. The van der Waals surface area contributed by atoms with E-state index in [1.807, 2.05) is 27.7 Å². The lowest BCUT2D eigenvalue weighted by Gasteiger charge is -2.33. The number of nitrogens with zero attached hydrogens (tertiary/aromatic N) is 1. The van der Waals surface area contributed by atoms with E-state index in [0.29, 0.717) is 22.0 Å². The molecule has 4 nitrogen and oxygen atoms in total. The number of halogens is 3. The van der Waals surface area contributed by atoms with Crippen LogP contribution >= 0.6 is 23.2 Å². The number of carbonyl (C=O) groups is 2. The van der Waals surface area contributed by atoms with Crippen LogP contribution < -0.4 is 5.32 Å². The van der Waals surface area contributed by atoms with Gasteiger partial charge < -0.3 is 10.2 Å². The Morgan fingerprint density at radius 3 is 2.17 bits per heavy atom.